The van der Waals surface area contributed by atoms with Gasteiger partial charge in [-0.25, -0.2) is 0 Å². The third-order valence-electron chi connectivity index (χ3n) is 3.98. The number of carbonyl (C=O) groups excluding carboxylic acids is 1. The quantitative estimate of drug-likeness (QED) is 0.461. The molecule has 28 heavy (non-hydrogen) atoms. The van der Waals surface area contributed by atoms with E-state index in [4.69, 9.17) is 23.2 Å². The van der Waals surface area contributed by atoms with Crippen molar-refractivity contribution in [3.63, 3.8) is 0 Å². The van der Waals surface area contributed by atoms with E-state index >= 15 is 0 Å². The molecule has 11 heteroatoms. The summed E-state index contributed by atoms with van der Waals surface area (Å²) in [4.78, 5) is 22.2. The summed E-state index contributed by atoms with van der Waals surface area (Å²) in [7, 11) is 0. The standard InChI is InChI=1S/C17H16Cl2N6O3/c1-11-6-16(22-24(11)9-12-2-3-13(18)7-15(12)19)21-17(26)4-5-23-10-14(8-20-23)25(27)28/h2-3,6-8,10H,4-5,9H2,1H3,(H,21,22,26). The van der Waals surface area contributed by atoms with Gasteiger partial charge in [0.15, 0.2) is 5.82 Å². The van der Waals surface area contributed by atoms with E-state index in [1.807, 2.05) is 13.0 Å². The Morgan fingerprint density at radius 2 is 2.11 bits per heavy atom. The van der Waals surface area contributed by atoms with Crippen LogP contribution >= 0.6 is 23.2 Å². The maximum atomic E-state index is 12.1. The van der Waals surface area contributed by atoms with Crippen LogP contribution in [0.3, 0.4) is 0 Å². The zero-order valence-corrected chi connectivity index (χ0v) is 16.3. The molecule has 1 amide bonds. The lowest BCUT2D eigenvalue weighted by Crippen LogP contribution is -2.15. The number of anilines is 1. The van der Waals surface area contributed by atoms with Crippen LogP contribution in [-0.4, -0.2) is 30.4 Å². The number of aryl methyl sites for hydroxylation is 2. The van der Waals surface area contributed by atoms with Gasteiger partial charge in [-0.15, -0.1) is 0 Å². The number of rotatable bonds is 7. The number of nitro groups is 1. The number of nitrogens with one attached hydrogen (secondary N) is 1. The number of benzene rings is 1. The zero-order valence-electron chi connectivity index (χ0n) is 14.8. The summed E-state index contributed by atoms with van der Waals surface area (Å²) in [5.41, 5.74) is 1.59. The van der Waals surface area contributed by atoms with E-state index in [-0.39, 0.29) is 24.6 Å². The van der Waals surface area contributed by atoms with Crippen LogP contribution < -0.4 is 5.32 Å². The van der Waals surface area contributed by atoms with E-state index in [9.17, 15) is 14.9 Å². The molecule has 0 unspecified atom stereocenters. The van der Waals surface area contributed by atoms with Crippen LogP contribution in [0.25, 0.3) is 0 Å². The lowest BCUT2D eigenvalue weighted by atomic mass is 10.2. The van der Waals surface area contributed by atoms with E-state index in [0.29, 0.717) is 22.4 Å². The van der Waals surface area contributed by atoms with Gasteiger partial charge in [0.25, 0.3) is 0 Å². The van der Waals surface area contributed by atoms with E-state index in [1.54, 1.807) is 22.9 Å². The molecule has 3 aromatic rings. The van der Waals surface area contributed by atoms with Crippen LogP contribution in [0.2, 0.25) is 10.0 Å². The normalized spacial score (nSPS) is 10.8. The summed E-state index contributed by atoms with van der Waals surface area (Å²) in [5.74, 6) is 0.145. The molecule has 0 atom stereocenters. The number of amides is 1. The molecule has 0 aliphatic rings. The third kappa shape index (κ3) is 4.87. The smallest absolute Gasteiger partial charge is 0.306 e. The van der Waals surface area contributed by atoms with Crippen molar-refractivity contribution in [2.75, 3.05) is 5.32 Å². The lowest BCUT2D eigenvalue weighted by molar-refractivity contribution is -0.385. The summed E-state index contributed by atoms with van der Waals surface area (Å²) in [6.07, 6.45) is 2.53. The average Bonchev–Trinajstić information content (AvgIpc) is 3.23. The topological polar surface area (TPSA) is 108 Å². The Hall–Kier alpha value is -2.91. The van der Waals surface area contributed by atoms with Gasteiger partial charge in [-0.3, -0.25) is 24.3 Å². The number of hydrogen-bond donors (Lipinski definition) is 1. The maximum Gasteiger partial charge on any atom is 0.306 e. The molecule has 0 aliphatic carbocycles. The van der Waals surface area contributed by atoms with E-state index in [2.05, 4.69) is 15.5 Å². The molecule has 9 nitrogen and oxygen atoms in total. The first-order chi connectivity index (χ1) is 13.3. The molecule has 0 saturated heterocycles. The summed E-state index contributed by atoms with van der Waals surface area (Å²) in [5, 5.41) is 22.7. The number of halogens is 2. The van der Waals surface area contributed by atoms with Gasteiger partial charge in [-0.2, -0.15) is 10.2 Å². The minimum atomic E-state index is -0.536. The highest BCUT2D eigenvalue weighted by Crippen LogP contribution is 2.22. The van der Waals surface area contributed by atoms with Crippen molar-refractivity contribution in [2.24, 2.45) is 0 Å². The minimum Gasteiger partial charge on any atom is -0.309 e. The fourth-order valence-electron chi connectivity index (χ4n) is 2.53. The van der Waals surface area contributed by atoms with Gasteiger partial charge < -0.3 is 5.32 Å². The molecule has 0 bridgehead atoms. The first-order valence-electron chi connectivity index (χ1n) is 8.27. The summed E-state index contributed by atoms with van der Waals surface area (Å²) in [6.45, 7) is 2.53. The molecule has 0 aliphatic heterocycles. The van der Waals surface area contributed by atoms with Crippen LogP contribution in [0.5, 0.6) is 0 Å². The van der Waals surface area contributed by atoms with Crippen molar-refractivity contribution in [3.8, 4) is 0 Å². The van der Waals surface area contributed by atoms with Crippen molar-refractivity contribution in [1.82, 2.24) is 19.6 Å². The van der Waals surface area contributed by atoms with E-state index < -0.39 is 4.92 Å². The van der Waals surface area contributed by atoms with Crippen LogP contribution in [-0.2, 0) is 17.9 Å². The molecule has 0 spiro atoms. The molecule has 3 rings (SSSR count). The molecule has 1 aromatic carbocycles. The summed E-state index contributed by atoms with van der Waals surface area (Å²) < 4.78 is 3.08. The summed E-state index contributed by atoms with van der Waals surface area (Å²) in [6, 6.07) is 7.00. The molecule has 146 valence electrons. The largest absolute Gasteiger partial charge is 0.309 e. The second-order valence-electron chi connectivity index (χ2n) is 6.08. The fourth-order valence-corrected chi connectivity index (χ4v) is 3.00. The number of aromatic nitrogens is 4. The second-order valence-corrected chi connectivity index (χ2v) is 6.92. The first-order valence-corrected chi connectivity index (χ1v) is 9.02. The van der Waals surface area contributed by atoms with Crippen molar-refractivity contribution in [3.05, 3.63) is 68.1 Å². The Kier molecular flexibility index (Phi) is 5.96. The molecule has 0 radical (unpaired) electrons. The molecule has 2 heterocycles. The van der Waals surface area contributed by atoms with Crippen LogP contribution in [0.1, 0.15) is 17.7 Å². The highest BCUT2D eigenvalue weighted by molar-refractivity contribution is 6.35. The van der Waals surface area contributed by atoms with Crippen molar-refractivity contribution in [2.45, 2.75) is 26.4 Å². The molecule has 0 saturated carbocycles. The van der Waals surface area contributed by atoms with E-state index in [0.717, 1.165) is 17.5 Å². The molecule has 2 aromatic heterocycles. The zero-order chi connectivity index (χ0) is 20.3. The Labute approximate surface area is 170 Å². The summed E-state index contributed by atoms with van der Waals surface area (Å²) >= 11 is 12.1. The van der Waals surface area contributed by atoms with Gasteiger partial charge in [0.2, 0.25) is 5.91 Å². The monoisotopic (exact) mass is 422 g/mol. The molecule has 1 N–H and O–H groups in total. The van der Waals surface area contributed by atoms with Gasteiger partial charge in [-0.1, -0.05) is 29.3 Å². The van der Waals surface area contributed by atoms with Gasteiger partial charge in [0.1, 0.15) is 12.4 Å². The van der Waals surface area contributed by atoms with Crippen molar-refractivity contribution < 1.29 is 9.72 Å². The Morgan fingerprint density at radius 3 is 2.79 bits per heavy atom. The predicted molar refractivity (Wildman–Crippen MR) is 105 cm³/mol. The van der Waals surface area contributed by atoms with Gasteiger partial charge in [-0.05, 0) is 24.6 Å². The number of nitrogens with zero attached hydrogens (tertiary/aromatic N) is 5. The average molecular weight is 423 g/mol. The van der Waals surface area contributed by atoms with Crippen LogP contribution in [0, 0.1) is 17.0 Å². The van der Waals surface area contributed by atoms with E-state index in [1.165, 1.54) is 10.9 Å². The molecule has 0 fully saturated rings. The second kappa shape index (κ2) is 8.41. The molecular formula is C17H16Cl2N6O3. The Morgan fingerprint density at radius 1 is 1.32 bits per heavy atom. The fraction of sp³-hybridized carbons (Fsp3) is 0.235. The van der Waals surface area contributed by atoms with Gasteiger partial charge in [0, 0.05) is 34.8 Å². The van der Waals surface area contributed by atoms with Gasteiger partial charge >= 0.3 is 5.69 Å². The highest BCUT2D eigenvalue weighted by atomic mass is 35.5. The third-order valence-corrected chi connectivity index (χ3v) is 4.57. The first kappa shape index (κ1) is 19.8. The maximum absolute atomic E-state index is 12.1. The Balaban J connectivity index is 1.59. The number of carbonyl (C=O) groups is 1. The predicted octanol–water partition coefficient (Wildman–Crippen LogP) is 3.68. The van der Waals surface area contributed by atoms with Crippen LogP contribution in [0.15, 0.2) is 36.7 Å². The SMILES string of the molecule is Cc1cc(NC(=O)CCn2cc([N+](=O)[O-])cn2)nn1Cc1ccc(Cl)cc1Cl. The Bertz CT molecular complexity index is 1030. The van der Waals surface area contributed by atoms with Gasteiger partial charge in [0.05, 0.1) is 11.5 Å². The number of hydrogen-bond acceptors (Lipinski definition) is 5. The highest BCUT2D eigenvalue weighted by Gasteiger charge is 2.12. The van der Waals surface area contributed by atoms with Crippen LogP contribution in [0.4, 0.5) is 11.5 Å². The molecular weight excluding hydrogens is 407 g/mol. The van der Waals surface area contributed by atoms with Crippen molar-refractivity contribution in [1.29, 1.82) is 0 Å². The minimum absolute atomic E-state index is 0.105. The van der Waals surface area contributed by atoms with Crippen molar-refractivity contribution >= 4 is 40.6 Å². The lowest BCUT2D eigenvalue weighted by Gasteiger charge is -2.07.